The second-order valence-corrected chi connectivity index (χ2v) is 8.69. The number of hydrogen-bond donors (Lipinski definition) is 0. The summed E-state index contributed by atoms with van der Waals surface area (Å²) in [6.45, 7) is 0.606. The number of ether oxygens (including phenoxy) is 2. The molecule has 2 heterocycles. The van der Waals surface area contributed by atoms with E-state index in [9.17, 15) is 13.2 Å². The maximum Gasteiger partial charge on any atom is 0.337 e. The van der Waals surface area contributed by atoms with Crippen LogP contribution >= 0.6 is 0 Å². The fraction of sp³-hybridized carbons (Fsp3) is 0.238. The largest absolute Gasteiger partial charge is 0.473 e. The first-order valence-electron chi connectivity index (χ1n) is 9.18. The average Bonchev–Trinajstić information content (AvgIpc) is 3.22. The number of rotatable bonds is 5. The molecule has 0 radical (unpaired) electrons. The van der Waals surface area contributed by atoms with E-state index < -0.39 is 16.0 Å². The Bertz CT molecular complexity index is 1150. The summed E-state index contributed by atoms with van der Waals surface area (Å²) in [5.41, 5.74) is 1.13. The summed E-state index contributed by atoms with van der Waals surface area (Å²) < 4.78 is 37.8. The topological polar surface area (TPSA) is 85.8 Å². The van der Waals surface area contributed by atoms with E-state index in [1.165, 1.54) is 35.7 Å². The molecule has 1 aliphatic heterocycles. The van der Waals surface area contributed by atoms with E-state index in [4.69, 9.17) is 4.74 Å². The molecular weight excluding hydrogens is 392 g/mol. The predicted octanol–water partition coefficient (Wildman–Crippen LogP) is 2.86. The van der Waals surface area contributed by atoms with Gasteiger partial charge < -0.3 is 9.47 Å². The molecule has 29 heavy (non-hydrogen) atoms. The van der Waals surface area contributed by atoms with E-state index in [-0.39, 0.29) is 17.5 Å². The zero-order chi connectivity index (χ0) is 20.4. The van der Waals surface area contributed by atoms with Gasteiger partial charge in [0.1, 0.15) is 6.10 Å². The van der Waals surface area contributed by atoms with Crippen LogP contribution in [0, 0.1) is 0 Å². The Morgan fingerprint density at radius 1 is 1.07 bits per heavy atom. The summed E-state index contributed by atoms with van der Waals surface area (Å²) in [7, 11) is -2.39. The fourth-order valence-corrected chi connectivity index (χ4v) is 4.81. The monoisotopic (exact) mass is 412 g/mol. The second-order valence-electron chi connectivity index (χ2n) is 6.75. The number of esters is 1. The third kappa shape index (κ3) is 3.94. The SMILES string of the molecule is COC(=O)c1ccc(S(=O)(=O)N2CC[C@H](Oc3ccc4ccccc4n3)C2)cc1. The van der Waals surface area contributed by atoms with Crippen molar-refractivity contribution in [2.24, 2.45) is 0 Å². The number of fused-ring (bicyclic) bond motifs is 1. The third-order valence-corrected chi connectivity index (χ3v) is 6.76. The minimum atomic E-state index is -3.67. The molecule has 1 aromatic heterocycles. The van der Waals surface area contributed by atoms with Gasteiger partial charge in [-0.3, -0.25) is 0 Å². The van der Waals surface area contributed by atoms with Crippen molar-refractivity contribution in [3.63, 3.8) is 0 Å². The minimum absolute atomic E-state index is 0.134. The van der Waals surface area contributed by atoms with Crippen LogP contribution in [-0.4, -0.2) is 50.0 Å². The molecule has 0 bridgehead atoms. The van der Waals surface area contributed by atoms with Crippen molar-refractivity contribution in [2.45, 2.75) is 17.4 Å². The normalized spacial score (nSPS) is 17.3. The molecule has 1 saturated heterocycles. The first kappa shape index (κ1) is 19.4. The van der Waals surface area contributed by atoms with Crippen molar-refractivity contribution < 1.29 is 22.7 Å². The molecule has 3 aromatic rings. The van der Waals surface area contributed by atoms with Crippen LogP contribution in [0.3, 0.4) is 0 Å². The van der Waals surface area contributed by atoms with E-state index in [1.807, 2.05) is 30.3 Å². The van der Waals surface area contributed by atoms with Crippen LogP contribution in [0.4, 0.5) is 0 Å². The number of sulfonamides is 1. The number of nitrogens with zero attached hydrogens (tertiary/aromatic N) is 2. The Balaban J connectivity index is 1.46. The second kappa shape index (κ2) is 7.81. The van der Waals surface area contributed by atoms with Crippen LogP contribution in [0.25, 0.3) is 10.9 Å². The lowest BCUT2D eigenvalue weighted by molar-refractivity contribution is 0.0600. The summed E-state index contributed by atoms with van der Waals surface area (Å²) in [4.78, 5) is 16.1. The smallest absolute Gasteiger partial charge is 0.337 e. The standard InChI is InChI=1S/C21H20N2O5S/c1-27-21(24)16-6-9-18(10-7-16)29(25,26)23-13-12-17(14-23)28-20-11-8-15-4-2-3-5-19(15)22-20/h2-11,17H,12-14H2,1H3/t17-/m0/s1. The quantitative estimate of drug-likeness (QED) is 0.599. The Morgan fingerprint density at radius 2 is 1.83 bits per heavy atom. The highest BCUT2D eigenvalue weighted by Crippen LogP contribution is 2.25. The molecule has 2 aromatic carbocycles. The van der Waals surface area contributed by atoms with Crippen molar-refractivity contribution in [1.29, 1.82) is 0 Å². The van der Waals surface area contributed by atoms with E-state index in [0.717, 1.165) is 10.9 Å². The maximum atomic E-state index is 12.9. The number of pyridine rings is 1. The number of benzene rings is 2. The highest BCUT2D eigenvalue weighted by atomic mass is 32.2. The molecule has 150 valence electrons. The molecule has 1 aliphatic rings. The molecule has 8 heteroatoms. The van der Waals surface area contributed by atoms with Gasteiger partial charge in [0.2, 0.25) is 15.9 Å². The summed E-state index contributed by atoms with van der Waals surface area (Å²) in [6, 6.07) is 17.2. The average molecular weight is 412 g/mol. The van der Waals surface area contributed by atoms with Crippen LogP contribution < -0.4 is 4.74 Å². The van der Waals surface area contributed by atoms with Gasteiger partial charge >= 0.3 is 5.97 Å². The van der Waals surface area contributed by atoms with Crippen LogP contribution in [0.5, 0.6) is 5.88 Å². The summed E-state index contributed by atoms with van der Waals surface area (Å²) in [5.74, 6) is -0.0261. The Morgan fingerprint density at radius 3 is 2.59 bits per heavy atom. The fourth-order valence-electron chi connectivity index (χ4n) is 3.33. The van der Waals surface area contributed by atoms with Gasteiger partial charge in [-0.25, -0.2) is 18.2 Å². The van der Waals surface area contributed by atoms with E-state index in [0.29, 0.717) is 24.4 Å². The maximum absolute atomic E-state index is 12.9. The molecule has 1 fully saturated rings. The first-order valence-corrected chi connectivity index (χ1v) is 10.6. The third-order valence-electron chi connectivity index (χ3n) is 4.88. The molecule has 7 nitrogen and oxygen atoms in total. The number of carbonyl (C=O) groups is 1. The van der Waals surface area contributed by atoms with E-state index in [1.54, 1.807) is 6.07 Å². The van der Waals surface area contributed by atoms with Crippen LogP contribution in [-0.2, 0) is 14.8 Å². The highest BCUT2D eigenvalue weighted by Gasteiger charge is 2.34. The number of carbonyl (C=O) groups excluding carboxylic acids is 1. The Kier molecular flexibility index (Phi) is 5.21. The summed E-state index contributed by atoms with van der Waals surface area (Å²) in [6.07, 6.45) is 0.307. The number of hydrogen-bond acceptors (Lipinski definition) is 6. The molecule has 0 saturated carbocycles. The lowest BCUT2D eigenvalue weighted by Gasteiger charge is -2.17. The van der Waals surface area contributed by atoms with E-state index >= 15 is 0 Å². The van der Waals surface area contributed by atoms with Gasteiger partial charge in [-0.2, -0.15) is 4.31 Å². The molecular formula is C21H20N2O5S. The van der Waals surface area contributed by atoms with Crippen molar-refractivity contribution >= 4 is 26.9 Å². The van der Waals surface area contributed by atoms with Crippen LogP contribution in [0.15, 0.2) is 65.6 Å². The van der Waals surface area contributed by atoms with Crippen molar-refractivity contribution in [3.8, 4) is 5.88 Å². The van der Waals surface area contributed by atoms with E-state index in [2.05, 4.69) is 9.72 Å². The Labute approximate surface area is 168 Å². The van der Waals surface area contributed by atoms with Gasteiger partial charge in [0.05, 0.1) is 29.6 Å². The molecule has 0 N–H and O–H groups in total. The van der Waals surface area contributed by atoms with Gasteiger partial charge in [-0.15, -0.1) is 0 Å². The number of methoxy groups -OCH3 is 1. The first-order chi connectivity index (χ1) is 14.0. The molecule has 0 aliphatic carbocycles. The van der Waals surface area contributed by atoms with Gasteiger partial charge in [0.25, 0.3) is 0 Å². The van der Waals surface area contributed by atoms with Gasteiger partial charge in [-0.05, 0) is 42.8 Å². The van der Waals surface area contributed by atoms with Crippen molar-refractivity contribution in [2.75, 3.05) is 20.2 Å². The van der Waals surface area contributed by atoms with Gasteiger partial charge in [0, 0.05) is 18.0 Å². The Hall–Kier alpha value is -2.97. The lowest BCUT2D eigenvalue weighted by atomic mass is 10.2. The highest BCUT2D eigenvalue weighted by molar-refractivity contribution is 7.89. The zero-order valence-electron chi connectivity index (χ0n) is 15.8. The number of aromatic nitrogens is 1. The van der Waals surface area contributed by atoms with Crippen LogP contribution in [0.2, 0.25) is 0 Å². The minimum Gasteiger partial charge on any atom is -0.473 e. The molecule has 4 rings (SSSR count). The van der Waals surface area contributed by atoms with Crippen LogP contribution in [0.1, 0.15) is 16.8 Å². The van der Waals surface area contributed by atoms with Gasteiger partial charge in [-0.1, -0.05) is 18.2 Å². The molecule has 0 spiro atoms. The lowest BCUT2D eigenvalue weighted by Crippen LogP contribution is -2.31. The number of para-hydroxylation sites is 1. The van der Waals surface area contributed by atoms with Crippen molar-refractivity contribution in [1.82, 2.24) is 9.29 Å². The molecule has 0 amide bonds. The molecule has 0 unspecified atom stereocenters. The molecule has 1 atom stereocenters. The summed E-state index contributed by atoms with van der Waals surface area (Å²) in [5, 5.41) is 1.02. The zero-order valence-corrected chi connectivity index (χ0v) is 16.6. The summed E-state index contributed by atoms with van der Waals surface area (Å²) >= 11 is 0. The van der Waals surface area contributed by atoms with Gasteiger partial charge in [0.15, 0.2) is 0 Å². The predicted molar refractivity (Wildman–Crippen MR) is 107 cm³/mol. The van der Waals surface area contributed by atoms with Crippen molar-refractivity contribution in [3.05, 3.63) is 66.2 Å².